The van der Waals surface area contributed by atoms with Gasteiger partial charge < -0.3 is 0 Å². The van der Waals surface area contributed by atoms with Gasteiger partial charge in [-0.05, 0) is 26.2 Å². The van der Waals surface area contributed by atoms with Gasteiger partial charge in [-0.3, -0.25) is 4.99 Å². The van der Waals surface area contributed by atoms with Crippen LogP contribution in [0.3, 0.4) is 0 Å². The molecule has 0 bridgehead atoms. The molecule has 0 unspecified atom stereocenters. The summed E-state index contributed by atoms with van der Waals surface area (Å²) in [7, 11) is 0. The van der Waals surface area contributed by atoms with Crippen LogP contribution in [0.15, 0.2) is 16.8 Å². The predicted molar refractivity (Wildman–Crippen MR) is 56.7 cm³/mol. The quantitative estimate of drug-likeness (QED) is 0.550. The summed E-state index contributed by atoms with van der Waals surface area (Å²) in [6.07, 6.45) is 6.73. The molecule has 0 N–H and O–H groups in total. The van der Waals surface area contributed by atoms with Crippen molar-refractivity contribution in [3.8, 4) is 0 Å². The lowest BCUT2D eigenvalue weighted by molar-refractivity contribution is 0.926. The Bertz CT molecular complexity index is 166. The van der Waals surface area contributed by atoms with Gasteiger partial charge in [-0.25, -0.2) is 0 Å². The Morgan fingerprint density at radius 2 is 1.83 bits per heavy atom. The molecule has 1 heteroatoms. The molecule has 0 fully saturated rings. The van der Waals surface area contributed by atoms with Gasteiger partial charge in [0, 0.05) is 11.4 Å². The van der Waals surface area contributed by atoms with Crippen molar-refractivity contribution in [1.82, 2.24) is 0 Å². The van der Waals surface area contributed by atoms with Crippen molar-refractivity contribution >= 4 is 5.71 Å². The molecule has 70 valence electrons. The zero-order chi connectivity index (χ0) is 9.40. The van der Waals surface area contributed by atoms with Crippen molar-refractivity contribution in [2.75, 3.05) is 0 Å². The number of hydrogen-bond acceptors (Lipinski definition) is 1. The van der Waals surface area contributed by atoms with Gasteiger partial charge in [0.05, 0.1) is 0 Å². The Morgan fingerprint density at radius 1 is 1.17 bits per heavy atom. The zero-order valence-electron chi connectivity index (χ0n) is 8.85. The van der Waals surface area contributed by atoms with E-state index in [0.29, 0.717) is 0 Å². The molecule has 0 rings (SSSR count). The largest absolute Gasteiger partial charge is 0.263 e. The highest BCUT2D eigenvalue weighted by molar-refractivity contribution is 5.82. The summed E-state index contributed by atoms with van der Waals surface area (Å²) in [6.45, 7) is 8.59. The van der Waals surface area contributed by atoms with E-state index >= 15 is 0 Å². The molecule has 0 saturated carbocycles. The SMILES string of the molecule is CCC/C=C(CC)\N=C(\C)CC. The van der Waals surface area contributed by atoms with E-state index in [4.69, 9.17) is 0 Å². The monoisotopic (exact) mass is 167 g/mol. The van der Waals surface area contributed by atoms with Crippen LogP contribution in [0.1, 0.15) is 53.4 Å². The average Bonchev–Trinajstić information content (AvgIpc) is 2.11. The summed E-state index contributed by atoms with van der Waals surface area (Å²) >= 11 is 0. The first-order valence-corrected chi connectivity index (χ1v) is 4.97. The molecule has 0 aromatic carbocycles. The van der Waals surface area contributed by atoms with E-state index < -0.39 is 0 Å². The third-order valence-corrected chi connectivity index (χ3v) is 1.88. The van der Waals surface area contributed by atoms with Gasteiger partial charge in [0.15, 0.2) is 0 Å². The second-order valence-electron chi connectivity index (χ2n) is 3.04. The smallest absolute Gasteiger partial charge is 0.0360 e. The molecule has 0 atom stereocenters. The molecular formula is C11H21N. The van der Waals surface area contributed by atoms with E-state index in [0.717, 1.165) is 19.3 Å². The summed E-state index contributed by atoms with van der Waals surface area (Å²) in [5.74, 6) is 0. The minimum Gasteiger partial charge on any atom is -0.263 e. The molecule has 0 spiro atoms. The Balaban J connectivity index is 4.15. The molecule has 0 heterocycles. The van der Waals surface area contributed by atoms with Crippen molar-refractivity contribution < 1.29 is 0 Å². The normalized spacial score (nSPS) is 13.7. The molecule has 0 aliphatic heterocycles. The van der Waals surface area contributed by atoms with E-state index in [1.54, 1.807) is 0 Å². The highest BCUT2D eigenvalue weighted by Crippen LogP contribution is 2.06. The van der Waals surface area contributed by atoms with Gasteiger partial charge >= 0.3 is 0 Å². The Kier molecular flexibility index (Phi) is 6.73. The van der Waals surface area contributed by atoms with Gasteiger partial charge in [-0.1, -0.05) is 33.3 Å². The van der Waals surface area contributed by atoms with E-state index in [1.807, 2.05) is 0 Å². The molecule has 0 amide bonds. The van der Waals surface area contributed by atoms with Crippen LogP contribution in [0, 0.1) is 0 Å². The lowest BCUT2D eigenvalue weighted by atomic mass is 10.2. The summed E-state index contributed by atoms with van der Waals surface area (Å²) < 4.78 is 0. The maximum atomic E-state index is 4.53. The standard InChI is InChI=1S/C11H21N/c1-5-8-9-11(7-3)12-10(4)6-2/h9H,5-8H2,1-4H3/b11-9-,12-10-. The lowest BCUT2D eigenvalue weighted by Gasteiger charge is -1.99. The number of nitrogens with zero attached hydrogens (tertiary/aromatic N) is 1. The highest BCUT2D eigenvalue weighted by atomic mass is 14.7. The summed E-state index contributed by atoms with van der Waals surface area (Å²) in [6, 6.07) is 0. The fraction of sp³-hybridized carbons (Fsp3) is 0.727. The Labute approximate surface area is 76.6 Å². The Hall–Kier alpha value is -0.590. The summed E-state index contributed by atoms with van der Waals surface area (Å²) in [5, 5.41) is 0. The van der Waals surface area contributed by atoms with Crippen LogP contribution in [-0.4, -0.2) is 5.71 Å². The minimum atomic E-state index is 1.05. The molecule has 12 heavy (non-hydrogen) atoms. The van der Waals surface area contributed by atoms with Crippen LogP contribution < -0.4 is 0 Å². The number of allylic oxidation sites excluding steroid dienone is 2. The summed E-state index contributed by atoms with van der Waals surface area (Å²) in [5.41, 5.74) is 2.48. The Morgan fingerprint density at radius 3 is 2.25 bits per heavy atom. The lowest BCUT2D eigenvalue weighted by Crippen LogP contribution is -1.88. The number of rotatable bonds is 5. The maximum Gasteiger partial charge on any atom is 0.0360 e. The molecule has 0 aromatic heterocycles. The van der Waals surface area contributed by atoms with E-state index in [1.165, 1.54) is 17.8 Å². The van der Waals surface area contributed by atoms with Crippen molar-refractivity contribution in [1.29, 1.82) is 0 Å². The highest BCUT2D eigenvalue weighted by Gasteiger charge is 1.91. The van der Waals surface area contributed by atoms with Crippen LogP contribution in [0.2, 0.25) is 0 Å². The molecular weight excluding hydrogens is 146 g/mol. The second-order valence-corrected chi connectivity index (χ2v) is 3.04. The van der Waals surface area contributed by atoms with E-state index in [-0.39, 0.29) is 0 Å². The van der Waals surface area contributed by atoms with E-state index in [2.05, 4.69) is 38.8 Å². The van der Waals surface area contributed by atoms with Crippen molar-refractivity contribution in [3.63, 3.8) is 0 Å². The third-order valence-electron chi connectivity index (χ3n) is 1.88. The molecule has 0 saturated heterocycles. The van der Waals surface area contributed by atoms with Crippen LogP contribution >= 0.6 is 0 Å². The predicted octanol–water partition coefficient (Wildman–Crippen LogP) is 3.95. The van der Waals surface area contributed by atoms with Crippen LogP contribution in [0.4, 0.5) is 0 Å². The van der Waals surface area contributed by atoms with Crippen LogP contribution in [-0.2, 0) is 0 Å². The topological polar surface area (TPSA) is 12.4 Å². The van der Waals surface area contributed by atoms with Crippen LogP contribution in [0.5, 0.6) is 0 Å². The molecule has 1 nitrogen and oxygen atoms in total. The van der Waals surface area contributed by atoms with Gasteiger partial charge in [0.25, 0.3) is 0 Å². The molecule has 0 aromatic rings. The second kappa shape index (κ2) is 7.08. The number of unbranched alkanes of at least 4 members (excludes halogenated alkanes) is 1. The van der Waals surface area contributed by atoms with Crippen molar-refractivity contribution in [2.24, 2.45) is 4.99 Å². The van der Waals surface area contributed by atoms with Crippen molar-refractivity contribution in [2.45, 2.75) is 53.4 Å². The molecule has 0 radical (unpaired) electrons. The van der Waals surface area contributed by atoms with Gasteiger partial charge in [-0.2, -0.15) is 0 Å². The van der Waals surface area contributed by atoms with Crippen molar-refractivity contribution in [3.05, 3.63) is 11.8 Å². The average molecular weight is 167 g/mol. The first-order valence-electron chi connectivity index (χ1n) is 4.97. The molecule has 0 aliphatic rings. The number of aliphatic imine (C=N–C) groups is 1. The van der Waals surface area contributed by atoms with E-state index in [9.17, 15) is 0 Å². The first-order chi connectivity index (χ1) is 5.74. The fourth-order valence-electron chi connectivity index (χ4n) is 0.904. The van der Waals surface area contributed by atoms with Gasteiger partial charge in [0.1, 0.15) is 0 Å². The van der Waals surface area contributed by atoms with Gasteiger partial charge in [0.2, 0.25) is 0 Å². The zero-order valence-corrected chi connectivity index (χ0v) is 8.85. The fourth-order valence-corrected chi connectivity index (χ4v) is 0.904. The number of hydrogen-bond donors (Lipinski definition) is 0. The first kappa shape index (κ1) is 11.4. The third kappa shape index (κ3) is 5.11. The van der Waals surface area contributed by atoms with Crippen LogP contribution in [0.25, 0.3) is 0 Å². The summed E-state index contributed by atoms with van der Waals surface area (Å²) in [4.78, 5) is 4.53. The minimum absolute atomic E-state index is 1.05. The van der Waals surface area contributed by atoms with Gasteiger partial charge in [-0.15, -0.1) is 0 Å². The molecule has 0 aliphatic carbocycles. The maximum absolute atomic E-state index is 4.53.